The molecule has 1 amide bonds. The van der Waals surface area contributed by atoms with Gasteiger partial charge >= 0.3 is 5.97 Å². The maximum Gasteiger partial charge on any atom is 0.310 e. The maximum absolute atomic E-state index is 12.5. The third-order valence-corrected chi connectivity index (χ3v) is 4.33. The Balaban J connectivity index is 2.12. The van der Waals surface area contributed by atoms with E-state index in [0.717, 1.165) is 12.8 Å². The summed E-state index contributed by atoms with van der Waals surface area (Å²) < 4.78 is 5.03. The van der Waals surface area contributed by atoms with E-state index in [1.807, 2.05) is 0 Å². The first-order chi connectivity index (χ1) is 10.0. The smallest absolute Gasteiger partial charge is 0.310 e. The summed E-state index contributed by atoms with van der Waals surface area (Å²) in [6.07, 6.45) is 1.51. The van der Waals surface area contributed by atoms with Crippen molar-refractivity contribution in [2.45, 2.75) is 19.8 Å². The molecule has 1 aliphatic heterocycles. The summed E-state index contributed by atoms with van der Waals surface area (Å²) in [5.74, 6) is -0.704. The van der Waals surface area contributed by atoms with Gasteiger partial charge in [0.2, 0.25) is 0 Å². The summed E-state index contributed by atoms with van der Waals surface area (Å²) >= 11 is 12.0. The monoisotopic (exact) mass is 329 g/mol. The van der Waals surface area contributed by atoms with E-state index < -0.39 is 0 Å². The van der Waals surface area contributed by atoms with E-state index in [1.165, 1.54) is 0 Å². The third-order valence-electron chi connectivity index (χ3n) is 3.51. The van der Waals surface area contributed by atoms with Gasteiger partial charge in [-0.3, -0.25) is 9.59 Å². The molecule has 1 heterocycles. The Kier molecular flexibility index (Phi) is 5.48. The lowest BCUT2D eigenvalue weighted by Gasteiger charge is -2.31. The van der Waals surface area contributed by atoms with Crippen molar-refractivity contribution < 1.29 is 14.3 Å². The quantitative estimate of drug-likeness (QED) is 0.798. The number of piperidine rings is 1. The van der Waals surface area contributed by atoms with Crippen molar-refractivity contribution in [2.75, 3.05) is 19.7 Å². The van der Waals surface area contributed by atoms with Gasteiger partial charge in [0.15, 0.2) is 0 Å². The second-order valence-electron chi connectivity index (χ2n) is 4.94. The lowest BCUT2D eigenvalue weighted by Crippen LogP contribution is -2.42. The molecule has 6 heteroatoms. The van der Waals surface area contributed by atoms with Crippen LogP contribution in [0.4, 0.5) is 0 Å². The maximum atomic E-state index is 12.5. The highest BCUT2D eigenvalue weighted by Gasteiger charge is 2.30. The number of carbonyl (C=O) groups is 2. The zero-order chi connectivity index (χ0) is 15.4. The molecule has 2 rings (SSSR count). The van der Waals surface area contributed by atoms with Gasteiger partial charge in [-0.15, -0.1) is 0 Å². The largest absolute Gasteiger partial charge is 0.466 e. The van der Waals surface area contributed by atoms with E-state index >= 15 is 0 Å². The van der Waals surface area contributed by atoms with Crippen LogP contribution in [0.15, 0.2) is 18.2 Å². The van der Waals surface area contributed by atoms with Crippen molar-refractivity contribution in [2.24, 2.45) is 5.92 Å². The second kappa shape index (κ2) is 7.14. The number of benzene rings is 1. The second-order valence-corrected chi connectivity index (χ2v) is 5.73. The Bertz CT molecular complexity index is 548. The third kappa shape index (κ3) is 3.69. The summed E-state index contributed by atoms with van der Waals surface area (Å²) in [4.78, 5) is 26.0. The Hall–Kier alpha value is -1.26. The van der Waals surface area contributed by atoms with Crippen LogP contribution in [0.25, 0.3) is 0 Å². The van der Waals surface area contributed by atoms with E-state index in [-0.39, 0.29) is 22.8 Å². The number of nitrogens with zero attached hydrogens (tertiary/aromatic N) is 1. The van der Waals surface area contributed by atoms with Gasteiger partial charge in [0.05, 0.1) is 28.1 Å². The van der Waals surface area contributed by atoms with Gasteiger partial charge in [-0.1, -0.05) is 29.3 Å². The number of rotatable bonds is 3. The van der Waals surface area contributed by atoms with Crippen molar-refractivity contribution in [3.63, 3.8) is 0 Å². The highest BCUT2D eigenvalue weighted by molar-refractivity contribution is 6.43. The summed E-state index contributed by atoms with van der Waals surface area (Å²) in [5, 5.41) is 0.601. The molecule has 1 aromatic carbocycles. The average Bonchev–Trinajstić information content (AvgIpc) is 2.50. The topological polar surface area (TPSA) is 46.6 Å². The zero-order valence-electron chi connectivity index (χ0n) is 11.8. The first-order valence-corrected chi connectivity index (χ1v) is 7.70. The summed E-state index contributed by atoms with van der Waals surface area (Å²) in [7, 11) is 0. The average molecular weight is 330 g/mol. The van der Waals surface area contributed by atoms with Gasteiger partial charge in [-0.25, -0.2) is 0 Å². The van der Waals surface area contributed by atoms with Crippen LogP contribution in [-0.2, 0) is 9.53 Å². The molecule has 1 fully saturated rings. The van der Waals surface area contributed by atoms with Gasteiger partial charge in [-0.2, -0.15) is 0 Å². The number of hydrogen-bond donors (Lipinski definition) is 0. The molecule has 21 heavy (non-hydrogen) atoms. The molecule has 0 radical (unpaired) electrons. The molecule has 1 aromatic rings. The fourth-order valence-electron chi connectivity index (χ4n) is 2.45. The van der Waals surface area contributed by atoms with Crippen molar-refractivity contribution in [3.8, 4) is 0 Å². The number of amides is 1. The fourth-order valence-corrected chi connectivity index (χ4v) is 2.83. The van der Waals surface area contributed by atoms with E-state index in [4.69, 9.17) is 27.9 Å². The van der Waals surface area contributed by atoms with E-state index in [1.54, 1.807) is 30.0 Å². The Morgan fingerprint density at radius 1 is 1.38 bits per heavy atom. The summed E-state index contributed by atoms with van der Waals surface area (Å²) in [6, 6.07) is 4.97. The molecule has 0 spiro atoms. The van der Waals surface area contributed by atoms with Crippen molar-refractivity contribution in [1.82, 2.24) is 4.90 Å². The minimum absolute atomic E-state index is 0.198. The van der Waals surface area contributed by atoms with Crippen molar-refractivity contribution in [3.05, 3.63) is 33.8 Å². The van der Waals surface area contributed by atoms with Crippen molar-refractivity contribution >= 4 is 35.1 Å². The lowest BCUT2D eigenvalue weighted by atomic mass is 9.97. The van der Waals surface area contributed by atoms with Crippen LogP contribution in [-0.4, -0.2) is 36.5 Å². The van der Waals surface area contributed by atoms with E-state index in [0.29, 0.717) is 30.3 Å². The van der Waals surface area contributed by atoms with Crippen LogP contribution >= 0.6 is 23.2 Å². The van der Waals surface area contributed by atoms with Crippen LogP contribution in [0.2, 0.25) is 10.0 Å². The highest BCUT2D eigenvalue weighted by atomic mass is 35.5. The number of esters is 1. The van der Waals surface area contributed by atoms with Gasteiger partial charge < -0.3 is 9.64 Å². The molecule has 114 valence electrons. The molecule has 4 nitrogen and oxygen atoms in total. The van der Waals surface area contributed by atoms with Gasteiger partial charge in [0, 0.05) is 13.1 Å². The van der Waals surface area contributed by atoms with Gasteiger partial charge in [0.25, 0.3) is 5.91 Å². The van der Waals surface area contributed by atoms with E-state index in [2.05, 4.69) is 0 Å². The summed E-state index contributed by atoms with van der Waals surface area (Å²) in [6.45, 7) is 3.09. The number of carbonyl (C=O) groups excluding carboxylic acids is 2. The fraction of sp³-hybridized carbons (Fsp3) is 0.467. The molecule has 0 saturated carbocycles. The minimum Gasteiger partial charge on any atom is -0.466 e. The number of likely N-dealkylation sites (tertiary alicyclic amines) is 1. The van der Waals surface area contributed by atoms with Crippen LogP contribution in [0, 0.1) is 5.92 Å². The van der Waals surface area contributed by atoms with Gasteiger partial charge in [0.1, 0.15) is 0 Å². The molecule has 1 aliphatic rings. The highest BCUT2D eigenvalue weighted by Crippen LogP contribution is 2.28. The van der Waals surface area contributed by atoms with Crippen LogP contribution in [0.5, 0.6) is 0 Å². The van der Waals surface area contributed by atoms with Crippen LogP contribution < -0.4 is 0 Å². The standard InChI is InChI=1S/C15H17Cl2NO3/c1-2-21-15(20)10-5-4-8-18(9-10)14(19)11-6-3-7-12(16)13(11)17/h3,6-7,10H,2,4-5,8-9H2,1H3/t10-/m0/s1. The molecule has 0 N–H and O–H groups in total. The molecular weight excluding hydrogens is 313 g/mol. The van der Waals surface area contributed by atoms with Gasteiger partial charge in [-0.05, 0) is 31.9 Å². The molecule has 0 bridgehead atoms. The molecule has 1 atom stereocenters. The number of hydrogen-bond acceptors (Lipinski definition) is 3. The predicted octanol–water partition coefficient (Wildman–Crippen LogP) is 3.41. The molecule has 0 aliphatic carbocycles. The van der Waals surface area contributed by atoms with Crippen LogP contribution in [0.3, 0.4) is 0 Å². The molecule has 0 unspecified atom stereocenters. The summed E-state index contributed by atoms with van der Waals surface area (Å²) in [5.41, 5.74) is 0.369. The molecule has 0 aromatic heterocycles. The Labute approximate surface area is 134 Å². The first kappa shape index (κ1) is 16.1. The molecule has 1 saturated heterocycles. The normalized spacial score (nSPS) is 18.4. The number of ether oxygens (including phenoxy) is 1. The van der Waals surface area contributed by atoms with E-state index in [9.17, 15) is 9.59 Å². The Morgan fingerprint density at radius 3 is 2.86 bits per heavy atom. The SMILES string of the molecule is CCOC(=O)[C@H]1CCCN(C(=O)c2cccc(Cl)c2Cl)C1. The minimum atomic E-state index is -0.263. The zero-order valence-corrected chi connectivity index (χ0v) is 13.3. The van der Waals surface area contributed by atoms with Crippen LogP contribution in [0.1, 0.15) is 30.1 Å². The lowest BCUT2D eigenvalue weighted by molar-refractivity contribution is -0.149. The first-order valence-electron chi connectivity index (χ1n) is 6.94. The number of halogens is 2. The Morgan fingerprint density at radius 2 is 2.14 bits per heavy atom. The predicted molar refractivity (Wildman–Crippen MR) is 81.7 cm³/mol. The van der Waals surface area contributed by atoms with Crippen molar-refractivity contribution in [1.29, 1.82) is 0 Å². The molecular formula is C15H17Cl2NO3.